The molecule has 188 valence electrons. The Morgan fingerprint density at radius 3 is 2.46 bits per heavy atom. The van der Waals surface area contributed by atoms with Crippen molar-refractivity contribution in [3.8, 4) is 0 Å². The molecule has 1 atom stereocenters. The fraction of sp³-hybridized carbons (Fsp3) is 0.519. The van der Waals surface area contributed by atoms with Gasteiger partial charge in [0.2, 0.25) is 5.91 Å². The van der Waals surface area contributed by atoms with Crippen molar-refractivity contribution >= 4 is 28.7 Å². The van der Waals surface area contributed by atoms with Crippen molar-refractivity contribution in [2.24, 2.45) is 4.99 Å². The Morgan fingerprint density at radius 2 is 1.80 bits per heavy atom. The maximum atomic E-state index is 13.7. The molecule has 8 heteroatoms. The third-order valence-electron chi connectivity index (χ3n) is 6.97. The number of benzene rings is 1. The minimum atomic E-state index is -0.310. The van der Waals surface area contributed by atoms with Gasteiger partial charge in [0.25, 0.3) is 5.91 Å². The first kappa shape index (κ1) is 25.5. The molecule has 0 saturated carbocycles. The van der Waals surface area contributed by atoms with Crippen molar-refractivity contribution in [3.05, 3.63) is 57.8 Å². The molecular formula is C27H37N5O2S. The molecule has 1 N–H and O–H groups in total. The van der Waals surface area contributed by atoms with Crippen molar-refractivity contribution in [2.75, 3.05) is 39.3 Å². The van der Waals surface area contributed by atoms with Gasteiger partial charge >= 0.3 is 0 Å². The van der Waals surface area contributed by atoms with Gasteiger partial charge in [-0.3, -0.25) is 9.59 Å². The monoisotopic (exact) mass is 495 g/mol. The van der Waals surface area contributed by atoms with E-state index in [0.717, 1.165) is 41.8 Å². The molecule has 7 nitrogen and oxygen atoms in total. The van der Waals surface area contributed by atoms with Gasteiger partial charge in [-0.25, -0.2) is 4.99 Å². The lowest BCUT2D eigenvalue weighted by atomic mass is 9.92. The number of nitrogens with zero attached hydrogens (tertiary/aromatic N) is 4. The van der Waals surface area contributed by atoms with Crippen LogP contribution in [0, 0.1) is 6.92 Å². The maximum absolute atomic E-state index is 13.7. The average Bonchev–Trinajstić information content (AvgIpc) is 3.50. The van der Waals surface area contributed by atoms with Crippen LogP contribution in [-0.2, 0) is 9.59 Å². The first-order chi connectivity index (χ1) is 16.9. The molecule has 3 aliphatic rings. The normalized spacial score (nSPS) is 20.0. The molecule has 3 heterocycles. The number of likely N-dealkylation sites (tertiary alicyclic amines) is 1. The Morgan fingerprint density at radius 1 is 1.11 bits per heavy atom. The second-order valence-electron chi connectivity index (χ2n) is 9.36. The second kappa shape index (κ2) is 11.4. The third-order valence-corrected chi connectivity index (χ3v) is 7.85. The molecule has 0 spiro atoms. The zero-order chi connectivity index (χ0) is 24.9. The van der Waals surface area contributed by atoms with E-state index in [1.165, 1.54) is 30.2 Å². The molecular weight excluding hydrogens is 458 g/mol. The van der Waals surface area contributed by atoms with E-state index in [1.54, 1.807) is 0 Å². The van der Waals surface area contributed by atoms with Crippen molar-refractivity contribution in [2.45, 2.75) is 53.0 Å². The summed E-state index contributed by atoms with van der Waals surface area (Å²) >= 11 is 1.53. The van der Waals surface area contributed by atoms with E-state index in [1.807, 2.05) is 31.1 Å². The summed E-state index contributed by atoms with van der Waals surface area (Å²) in [5, 5.41) is 5.92. The second-order valence-corrected chi connectivity index (χ2v) is 10.2. The number of rotatable bonds is 9. The first-order valence-corrected chi connectivity index (χ1v) is 13.6. The Balaban J connectivity index is 1.58. The van der Waals surface area contributed by atoms with Crippen LogP contribution < -0.4 is 5.32 Å². The highest BCUT2D eigenvalue weighted by molar-refractivity contribution is 8.16. The highest BCUT2D eigenvalue weighted by atomic mass is 32.2. The number of allylic oxidation sites excluding steroid dienone is 1. The number of carbonyl (C=O) groups excluding carboxylic acids is 2. The summed E-state index contributed by atoms with van der Waals surface area (Å²) in [5.74, 6) is 0.00929. The lowest BCUT2D eigenvalue weighted by Gasteiger charge is -2.38. The molecule has 2 amide bonds. The van der Waals surface area contributed by atoms with Gasteiger partial charge in [-0.15, -0.1) is 0 Å². The van der Waals surface area contributed by atoms with Gasteiger partial charge in [0.15, 0.2) is 5.17 Å². The number of fused-ring (bicyclic) bond motifs is 1. The molecule has 0 bridgehead atoms. The van der Waals surface area contributed by atoms with E-state index in [9.17, 15) is 9.59 Å². The summed E-state index contributed by atoms with van der Waals surface area (Å²) in [7, 11) is 0. The molecule has 1 unspecified atom stereocenters. The SMILES string of the molecule is CCN(CC)C(=O)C1=C(C)N=C2SC=C(CC(=O)NCCN3CCCC3)N2C1c1ccc(C)cc1. The van der Waals surface area contributed by atoms with E-state index in [-0.39, 0.29) is 24.3 Å². The molecule has 1 saturated heterocycles. The number of amidine groups is 1. The van der Waals surface area contributed by atoms with Gasteiger partial charge in [-0.1, -0.05) is 41.6 Å². The fourth-order valence-electron chi connectivity index (χ4n) is 4.98. The molecule has 4 rings (SSSR count). The Hall–Kier alpha value is -2.58. The molecule has 0 radical (unpaired) electrons. The number of aryl methyl sites for hydroxylation is 1. The van der Waals surface area contributed by atoms with Gasteiger partial charge in [0.05, 0.1) is 23.7 Å². The topological polar surface area (TPSA) is 68.2 Å². The van der Waals surface area contributed by atoms with Crippen LogP contribution in [-0.4, -0.2) is 71.0 Å². The number of hydrogen-bond donors (Lipinski definition) is 1. The molecule has 0 aromatic heterocycles. The zero-order valence-electron chi connectivity index (χ0n) is 21.3. The Labute approximate surface area is 213 Å². The Kier molecular flexibility index (Phi) is 8.34. The zero-order valence-corrected chi connectivity index (χ0v) is 22.2. The number of hydrogen-bond acceptors (Lipinski definition) is 6. The highest BCUT2D eigenvalue weighted by Crippen LogP contribution is 2.45. The number of nitrogens with one attached hydrogen (secondary N) is 1. The van der Waals surface area contributed by atoms with Gasteiger partial charge < -0.3 is 20.0 Å². The van der Waals surface area contributed by atoms with Gasteiger partial charge in [-0.05, 0) is 64.6 Å². The molecule has 1 fully saturated rings. The van der Waals surface area contributed by atoms with Gasteiger partial charge in [-0.2, -0.15) is 0 Å². The van der Waals surface area contributed by atoms with Crippen molar-refractivity contribution in [3.63, 3.8) is 0 Å². The number of likely N-dealkylation sites (N-methyl/N-ethyl adjacent to an activating group) is 1. The fourth-order valence-corrected chi connectivity index (χ4v) is 5.94. The van der Waals surface area contributed by atoms with Crippen LogP contribution in [0.5, 0.6) is 0 Å². The summed E-state index contributed by atoms with van der Waals surface area (Å²) in [4.78, 5) is 37.7. The highest BCUT2D eigenvalue weighted by Gasteiger charge is 2.41. The van der Waals surface area contributed by atoms with E-state index < -0.39 is 0 Å². The summed E-state index contributed by atoms with van der Waals surface area (Å²) in [5.41, 5.74) is 4.51. The quantitative estimate of drug-likeness (QED) is 0.560. The average molecular weight is 496 g/mol. The van der Waals surface area contributed by atoms with Crippen molar-refractivity contribution in [1.82, 2.24) is 20.0 Å². The molecule has 0 aliphatic carbocycles. The lowest BCUT2D eigenvalue weighted by molar-refractivity contribution is -0.127. The minimum Gasteiger partial charge on any atom is -0.354 e. The van der Waals surface area contributed by atoms with Gasteiger partial charge in [0, 0.05) is 31.9 Å². The lowest BCUT2D eigenvalue weighted by Crippen LogP contribution is -2.42. The molecule has 1 aromatic carbocycles. The number of thioether (sulfide) groups is 1. The van der Waals surface area contributed by atoms with Crippen LogP contribution in [0.15, 0.2) is 51.6 Å². The van der Waals surface area contributed by atoms with E-state index in [2.05, 4.69) is 46.3 Å². The van der Waals surface area contributed by atoms with E-state index in [0.29, 0.717) is 25.2 Å². The van der Waals surface area contributed by atoms with Crippen LogP contribution in [0.2, 0.25) is 0 Å². The first-order valence-electron chi connectivity index (χ1n) is 12.7. The van der Waals surface area contributed by atoms with Crippen LogP contribution in [0.1, 0.15) is 57.2 Å². The minimum absolute atomic E-state index is 0.00264. The van der Waals surface area contributed by atoms with Crippen LogP contribution in [0.25, 0.3) is 0 Å². The van der Waals surface area contributed by atoms with Crippen molar-refractivity contribution in [1.29, 1.82) is 0 Å². The number of amides is 2. The van der Waals surface area contributed by atoms with Gasteiger partial charge in [0.1, 0.15) is 0 Å². The predicted octanol–water partition coefficient (Wildman–Crippen LogP) is 4.04. The van der Waals surface area contributed by atoms with Crippen LogP contribution >= 0.6 is 11.8 Å². The number of carbonyl (C=O) groups is 2. The summed E-state index contributed by atoms with van der Waals surface area (Å²) in [6, 6.07) is 8.01. The van der Waals surface area contributed by atoms with E-state index >= 15 is 0 Å². The van der Waals surface area contributed by atoms with Crippen molar-refractivity contribution < 1.29 is 9.59 Å². The molecule has 3 aliphatic heterocycles. The summed E-state index contributed by atoms with van der Waals surface area (Å²) in [6.45, 7) is 13.1. The molecule has 35 heavy (non-hydrogen) atoms. The van der Waals surface area contributed by atoms with Crippen LogP contribution in [0.3, 0.4) is 0 Å². The summed E-state index contributed by atoms with van der Waals surface area (Å²) < 4.78 is 0. The third kappa shape index (κ3) is 5.64. The Bertz CT molecular complexity index is 1040. The predicted molar refractivity (Wildman–Crippen MR) is 143 cm³/mol. The molecule has 1 aromatic rings. The summed E-state index contributed by atoms with van der Waals surface area (Å²) in [6.07, 6.45) is 2.76. The number of aliphatic imine (C=N–C) groups is 1. The maximum Gasteiger partial charge on any atom is 0.254 e. The van der Waals surface area contributed by atoms with E-state index in [4.69, 9.17) is 4.99 Å². The standard InChI is InChI=1S/C27H37N5O2S/c1-5-31(6-2)26(34)24-20(4)29-27-32(25(24)21-11-9-19(3)10-12-21)22(18-35-27)17-23(33)28-13-16-30-14-7-8-15-30/h9-12,18,25H,5-8,13-17H2,1-4H3,(H,28,33). The largest absolute Gasteiger partial charge is 0.354 e. The van der Waals surface area contributed by atoms with Crippen LogP contribution in [0.4, 0.5) is 0 Å². The smallest absolute Gasteiger partial charge is 0.254 e.